The highest BCUT2D eigenvalue weighted by Crippen LogP contribution is 2.21. The van der Waals surface area contributed by atoms with Crippen LogP contribution in [0, 0.1) is 12.3 Å². The molecule has 0 saturated heterocycles. The van der Waals surface area contributed by atoms with E-state index in [0.29, 0.717) is 6.54 Å². The molecule has 0 spiro atoms. The molecule has 0 radical (unpaired) electrons. The summed E-state index contributed by atoms with van der Waals surface area (Å²) in [5.41, 5.74) is 0. The van der Waals surface area contributed by atoms with E-state index in [-0.39, 0.29) is 12.6 Å². The summed E-state index contributed by atoms with van der Waals surface area (Å²) in [5, 5.41) is 11.5. The molecule has 4 nitrogen and oxygen atoms in total. The smallest absolute Gasteiger partial charge is 0.317 e. The van der Waals surface area contributed by atoms with Crippen molar-refractivity contribution in [2.45, 2.75) is 13.0 Å². The molecule has 0 aliphatic heterocycles. The Kier molecular flexibility index (Phi) is 4.28. The van der Waals surface area contributed by atoms with Crippen LogP contribution in [0.5, 0.6) is 0 Å². The van der Waals surface area contributed by atoms with Gasteiger partial charge in [-0.15, -0.1) is 17.8 Å². The van der Waals surface area contributed by atoms with Crippen LogP contribution in [0.2, 0.25) is 0 Å². The molecule has 0 saturated carbocycles. The predicted molar refractivity (Wildman–Crippen MR) is 58.6 cm³/mol. The van der Waals surface area contributed by atoms with Gasteiger partial charge in [-0.05, 0) is 6.92 Å². The van der Waals surface area contributed by atoms with Crippen LogP contribution in [0.25, 0.3) is 0 Å². The zero-order chi connectivity index (χ0) is 11.3. The molecular formula is C10H12N2O2S. The topological polar surface area (TPSA) is 53.4 Å². The summed E-state index contributed by atoms with van der Waals surface area (Å²) in [4.78, 5) is 16.5. The number of thiazole rings is 1. The summed E-state index contributed by atoms with van der Waals surface area (Å²) in [6, 6.07) is -0.0582. The van der Waals surface area contributed by atoms with Crippen molar-refractivity contribution in [2.24, 2.45) is 0 Å². The van der Waals surface area contributed by atoms with Crippen LogP contribution in [0.4, 0.5) is 0 Å². The first kappa shape index (κ1) is 11.7. The lowest BCUT2D eigenvalue weighted by Crippen LogP contribution is -2.32. The van der Waals surface area contributed by atoms with Crippen molar-refractivity contribution in [1.82, 2.24) is 9.88 Å². The molecule has 1 heterocycles. The Morgan fingerprint density at radius 3 is 3.07 bits per heavy atom. The van der Waals surface area contributed by atoms with Crippen molar-refractivity contribution < 1.29 is 9.90 Å². The predicted octanol–water partition coefficient (Wildman–Crippen LogP) is 1.22. The molecule has 1 N–H and O–H groups in total. The normalized spacial score (nSPS) is 12.3. The van der Waals surface area contributed by atoms with Gasteiger partial charge >= 0.3 is 5.97 Å². The zero-order valence-corrected chi connectivity index (χ0v) is 9.20. The van der Waals surface area contributed by atoms with E-state index >= 15 is 0 Å². The fourth-order valence-corrected chi connectivity index (χ4v) is 1.95. The molecule has 0 amide bonds. The number of aliphatic carboxylic acids is 1. The van der Waals surface area contributed by atoms with E-state index in [4.69, 9.17) is 11.5 Å². The molecule has 15 heavy (non-hydrogen) atoms. The number of hydrogen-bond acceptors (Lipinski definition) is 4. The first-order chi connectivity index (χ1) is 7.15. The molecule has 1 aromatic rings. The van der Waals surface area contributed by atoms with Crippen LogP contribution in [-0.4, -0.2) is 34.0 Å². The van der Waals surface area contributed by atoms with Gasteiger partial charge in [0.25, 0.3) is 0 Å². The van der Waals surface area contributed by atoms with E-state index in [1.165, 1.54) is 11.3 Å². The van der Waals surface area contributed by atoms with Crippen molar-refractivity contribution >= 4 is 17.3 Å². The van der Waals surface area contributed by atoms with Crippen molar-refractivity contribution in [3.8, 4) is 12.3 Å². The monoisotopic (exact) mass is 224 g/mol. The van der Waals surface area contributed by atoms with Crippen molar-refractivity contribution in [3.63, 3.8) is 0 Å². The second-order valence-corrected chi connectivity index (χ2v) is 3.98. The van der Waals surface area contributed by atoms with Gasteiger partial charge in [-0.2, -0.15) is 0 Å². The van der Waals surface area contributed by atoms with Crippen molar-refractivity contribution in [2.75, 3.05) is 13.1 Å². The number of carboxylic acids is 1. The Morgan fingerprint density at radius 1 is 1.87 bits per heavy atom. The molecule has 0 aliphatic rings. The standard InChI is InChI=1S/C10H12N2O2S/c1-3-5-12(7-9(13)14)8(2)10-11-4-6-15-10/h1,4,6,8H,5,7H2,2H3,(H,13,14). The third kappa shape index (κ3) is 3.35. The fourth-order valence-electron chi connectivity index (χ4n) is 1.22. The first-order valence-corrected chi connectivity index (χ1v) is 5.31. The number of rotatable bonds is 5. The Labute approximate surface area is 92.6 Å². The number of aromatic nitrogens is 1. The van der Waals surface area contributed by atoms with Crippen molar-refractivity contribution in [3.05, 3.63) is 16.6 Å². The molecule has 5 heteroatoms. The summed E-state index contributed by atoms with van der Waals surface area (Å²) in [6.45, 7) is 2.15. The highest BCUT2D eigenvalue weighted by atomic mass is 32.1. The SMILES string of the molecule is C#CCN(CC(=O)O)C(C)c1nccs1. The molecule has 0 fully saturated rings. The quantitative estimate of drug-likeness (QED) is 0.764. The molecular weight excluding hydrogens is 212 g/mol. The third-order valence-electron chi connectivity index (χ3n) is 1.99. The van der Waals surface area contributed by atoms with E-state index in [0.717, 1.165) is 5.01 Å². The minimum atomic E-state index is -0.881. The number of carboxylic acid groups (broad SMARTS) is 1. The molecule has 1 rings (SSSR count). The number of terminal acetylenes is 1. The average molecular weight is 224 g/mol. The molecule has 0 aliphatic carbocycles. The van der Waals surface area contributed by atoms with Crippen LogP contribution in [0.15, 0.2) is 11.6 Å². The number of nitrogens with zero attached hydrogens (tertiary/aromatic N) is 2. The van der Waals surface area contributed by atoms with Gasteiger partial charge in [0.05, 0.1) is 19.1 Å². The lowest BCUT2D eigenvalue weighted by molar-refractivity contribution is -0.138. The highest BCUT2D eigenvalue weighted by Gasteiger charge is 2.19. The molecule has 0 aromatic carbocycles. The van der Waals surface area contributed by atoms with Crippen LogP contribution in [-0.2, 0) is 4.79 Å². The lowest BCUT2D eigenvalue weighted by atomic mass is 10.3. The first-order valence-electron chi connectivity index (χ1n) is 4.44. The maximum atomic E-state index is 10.6. The van der Waals surface area contributed by atoms with Crippen LogP contribution in [0.3, 0.4) is 0 Å². The minimum Gasteiger partial charge on any atom is -0.480 e. The largest absolute Gasteiger partial charge is 0.480 e. The zero-order valence-electron chi connectivity index (χ0n) is 8.38. The number of hydrogen-bond donors (Lipinski definition) is 1. The summed E-state index contributed by atoms with van der Waals surface area (Å²) in [6.07, 6.45) is 6.89. The summed E-state index contributed by atoms with van der Waals surface area (Å²) in [7, 11) is 0. The summed E-state index contributed by atoms with van der Waals surface area (Å²) < 4.78 is 0. The van der Waals surface area contributed by atoms with Crippen molar-refractivity contribution in [1.29, 1.82) is 0 Å². The molecule has 1 aromatic heterocycles. The van der Waals surface area contributed by atoms with Crippen LogP contribution in [0.1, 0.15) is 18.0 Å². The Hall–Kier alpha value is -1.38. The highest BCUT2D eigenvalue weighted by molar-refractivity contribution is 7.09. The Balaban J connectivity index is 2.71. The Morgan fingerprint density at radius 2 is 2.60 bits per heavy atom. The van der Waals surface area contributed by atoms with Crippen LogP contribution < -0.4 is 0 Å². The second kappa shape index (κ2) is 5.49. The van der Waals surface area contributed by atoms with E-state index in [9.17, 15) is 4.79 Å². The van der Waals surface area contributed by atoms with Gasteiger partial charge < -0.3 is 5.11 Å². The third-order valence-corrected chi connectivity index (χ3v) is 2.94. The number of carbonyl (C=O) groups is 1. The Bertz CT molecular complexity index is 356. The van der Waals surface area contributed by atoms with Gasteiger partial charge in [0.2, 0.25) is 0 Å². The van der Waals surface area contributed by atoms with E-state index in [2.05, 4.69) is 10.9 Å². The van der Waals surface area contributed by atoms with Gasteiger partial charge in [0, 0.05) is 11.6 Å². The van der Waals surface area contributed by atoms with Gasteiger partial charge in [-0.25, -0.2) is 4.98 Å². The lowest BCUT2D eigenvalue weighted by Gasteiger charge is -2.23. The maximum absolute atomic E-state index is 10.6. The average Bonchev–Trinajstić information content (AvgIpc) is 2.68. The maximum Gasteiger partial charge on any atom is 0.317 e. The van der Waals surface area contributed by atoms with Gasteiger partial charge in [0.15, 0.2) is 0 Å². The summed E-state index contributed by atoms with van der Waals surface area (Å²) >= 11 is 1.50. The van der Waals surface area contributed by atoms with E-state index in [1.54, 1.807) is 11.1 Å². The summed E-state index contributed by atoms with van der Waals surface area (Å²) in [5.74, 6) is 1.57. The van der Waals surface area contributed by atoms with Gasteiger partial charge in [-0.1, -0.05) is 5.92 Å². The minimum absolute atomic E-state index is 0.0582. The molecule has 1 unspecified atom stereocenters. The molecule has 80 valence electrons. The van der Waals surface area contributed by atoms with Gasteiger partial charge in [-0.3, -0.25) is 9.69 Å². The molecule has 0 bridgehead atoms. The second-order valence-electron chi connectivity index (χ2n) is 3.05. The van der Waals surface area contributed by atoms with Gasteiger partial charge in [0.1, 0.15) is 5.01 Å². The molecule has 1 atom stereocenters. The fraction of sp³-hybridized carbons (Fsp3) is 0.400. The van der Waals surface area contributed by atoms with E-state index < -0.39 is 5.97 Å². The van der Waals surface area contributed by atoms with Crippen LogP contribution >= 0.6 is 11.3 Å². The van der Waals surface area contributed by atoms with E-state index in [1.807, 2.05) is 12.3 Å².